The molecular weight excluding hydrogens is 338 g/mol. The molecule has 138 valence electrons. The van der Waals surface area contributed by atoms with Gasteiger partial charge in [-0.25, -0.2) is 15.0 Å². The highest BCUT2D eigenvalue weighted by Gasteiger charge is 2.27. The zero-order valence-electron chi connectivity index (χ0n) is 15.4. The topological polar surface area (TPSA) is 79.7 Å². The number of hydrogen-bond acceptors (Lipinski definition) is 7. The molecule has 4 heterocycles. The van der Waals surface area contributed by atoms with Gasteiger partial charge in [-0.1, -0.05) is 12.5 Å². The minimum atomic E-state index is 0.197. The largest absolute Gasteiger partial charge is 0.324 e. The fraction of sp³-hybridized carbons (Fsp3) is 0.350. The van der Waals surface area contributed by atoms with Crippen molar-refractivity contribution in [3.63, 3.8) is 0 Å². The summed E-state index contributed by atoms with van der Waals surface area (Å²) in [5.41, 5.74) is 2.02. The summed E-state index contributed by atoms with van der Waals surface area (Å²) in [6.07, 6.45) is 10.3. The average Bonchev–Trinajstić information content (AvgIpc) is 2.69. The lowest BCUT2D eigenvalue weighted by atomic mass is 10.0. The maximum absolute atomic E-state index is 4.79. The van der Waals surface area contributed by atoms with Gasteiger partial charge >= 0.3 is 0 Å². The normalized spacial score (nSPS) is 17.6. The lowest BCUT2D eigenvalue weighted by molar-refractivity contribution is 0.132. The monoisotopic (exact) mass is 361 g/mol. The molecule has 0 spiro atoms. The molecule has 0 saturated carbocycles. The van der Waals surface area contributed by atoms with Gasteiger partial charge in [0.2, 0.25) is 0 Å². The van der Waals surface area contributed by atoms with E-state index in [4.69, 9.17) is 9.97 Å². The van der Waals surface area contributed by atoms with E-state index < -0.39 is 0 Å². The highest BCUT2D eigenvalue weighted by atomic mass is 15.2. The quantitative estimate of drug-likeness (QED) is 0.745. The van der Waals surface area contributed by atoms with E-state index in [1.54, 1.807) is 18.6 Å². The molecule has 0 aromatic carbocycles. The van der Waals surface area contributed by atoms with E-state index >= 15 is 0 Å². The molecule has 1 fully saturated rings. The van der Waals surface area contributed by atoms with E-state index in [9.17, 15) is 0 Å². The van der Waals surface area contributed by atoms with Crippen LogP contribution in [0.4, 0.5) is 11.6 Å². The van der Waals surface area contributed by atoms with Gasteiger partial charge in [0.1, 0.15) is 17.5 Å². The molecule has 0 bridgehead atoms. The smallest absolute Gasteiger partial charge is 0.150 e. The Hall–Kier alpha value is -2.93. The summed E-state index contributed by atoms with van der Waals surface area (Å²) in [5, 5.41) is 3.23. The fourth-order valence-corrected chi connectivity index (χ4v) is 3.47. The van der Waals surface area contributed by atoms with Gasteiger partial charge in [0.25, 0.3) is 0 Å². The molecule has 27 heavy (non-hydrogen) atoms. The molecule has 7 nitrogen and oxygen atoms in total. The second-order valence-corrected chi connectivity index (χ2v) is 6.77. The first kappa shape index (κ1) is 17.5. The molecular formula is C20H23N7. The maximum Gasteiger partial charge on any atom is 0.150 e. The predicted molar refractivity (Wildman–Crippen MR) is 103 cm³/mol. The van der Waals surface area contributed by atoms with E-state index in [1.807, 2.05) is 31.3 Å². The van der Waals surface area contributed by atoms with Gasteiger partial charge in [0.05, 0.1) is 17.9 Å². The molecule has 7 heteroatoms. The number of nitrogens with zero attached hydrogens (tertiary/aromatic N) is 6. The lowest BCUT2D eigenvalue weighted by Gasteiger charge is -2.34. The van der Waals surface area contributed by atoms with E-state index in [1.165, 1.54) is 12.8 Å². The van der Waals surface area contributed by atoms with Crippen LogP contribution in [0, 0.1) is 6.92 Å². The van der Waals surface area contributed by atoms with Gasteiger partial charge in [-0.15, -0.1) is 0 Å². The predicted octanol–water partition coefficient (Wildman–Crippen LogP) is 3.44. The molecule has 1 aliphatic rings. The molecule has 0 aliphatic carbocycles. The highest BCUT2D eigenvalue weighted by molar-refractivity contribution is 5.50. The van der Waals surface area contributed by atoms with Crippen LogP contribution >= 0.6 is 0 Å². The molecule has 1 aliphatic heterocycles. The van der Waals surface area contributed by atoms with Gasteiger partial charge in [-0.05, 0) is 38.4 Å². The van der Waals surface area contributed by atoms with Crippen molar-refractivity contribution in [3.05, 3.63) is 66.3 Å². The van der Waals surface area contributed by atoms with Gasteiger partial charge < -0.3 is 5.32 Å². The third-order valence-electron chi connectivity index (χ3n) is 4.69. The summed E-state index contributed by atoms with van der Waals surface area (Å²) < 4.78 is 0. The molecule has 1 saturated heterocycles. The summed E-state index contributed by atoms with van der Waals surface area (Å²) in [7, 11) is 0. The van der Waals surface area contributed by atoms with Crippen LogP contribution in [0.3, 0.4) is 0 Å². The Morgan fingerprint density at radius 2 is 2.04 bits per heavy atom. The standard InChI is InChI=1S/C20H23N7/c1-15-12-18(25-19-13-21-9-10-23-19)26-20(24-15)17-7-3-5-11-27(17)14-16-6-2-4-8-22-16/h2,4,6,8-10,12-13,17H,3,5,7,11,14H2,1H3,(H,23,24,25,26). The number of hydrogen-bond donors (Lipinski definition) is 1. The zero-order valence-corrected chi connectivity index (χ0v) is 15.4. The van der Waals surface area contributed by atoms with Crippen LogP contribution in [0.2, 0.25) is 0 Å². The van der Waals surface area contributed by atoms with Gasteiger partial charge in [0.15, 0.2) is 0 Å². The van der Waals surface area contributed by atoms with Crippen molar-refractivity contribution in [3.8, 4) is 0 Å². The van der Waals surface area contributed by atoms with Crippen molar-refractivity contribution in [1.82, 2.24) is 29.8 Å². The molecule has 0 radical (unpaired) electrons. The molecule has 3 aromatic heterocycles. The summed E-state index contributed by atoms with van der Waals surface area (Å²) in [5.74, 6) is 2.29. The van der Waals surface area contributed by atoms with E-state index in [0.717, 1.165) is 42.5 Å². The van der Waals surface area contributed by atoms with Crippen molar-refractivity contribution >= 4 is 11.6 Å². The molecule has 1 atom stereocenters. The maximum atomic E-state index is 4.79. The number of aryl methyl sites for hydroxylation is 1. The number of aromatic nitrogens is 5. The second kappa shape index (κ2) is 8.18. The summed E-state index contributed by atoms with van der Waals surface area (Å²) >= 11 is 0. The summed E-state index contributed by atoms with van der Waals surface area (Å²) in [6, 6.07) is 8.19. The third-order valence-corrected chi connectivity index (χ3v) is 4.69. The van der Waals surface area contributed by atoms with Crippen LogP contribution in [0.1, 0.15) is 42.5 Å². The lowest BCUT2D eigenvalue weighted by Crippen LogP contribution is -2.34. The number of piperidine rings is 1. The Bertz CT molecular complexity index is 870. The van der Waals surface area contributed by atoms with E-state index in [2.05, 4.69) is 31.2 Å². The van der Waals surface area contributed by atoms with Crippen LogP contribution in [0.25, 0.3) is 0 Å². The number of nitrogens with one attached hydrogen (secondary N) is 1. The first-order valence-corrected chi connectivity index (χ1v) is 9.30. The van der Waals surface area contributed by atoms with Crippen LogP contribution in [0.15, 0.2) is 49.1 Å². The first-order chi connectivity index (χ1) is 13.3. The summed E-state index contributed by atoms with van der Waals surface area (Å²) in [6.45, 7) is 3.85. The molecule has 3 aromatic rings. The highest BCUT2D eigenvalue weighted by Crippen LogP contribution is 2.31. The summed E-state index contributed by atoms with van der Waals surface area (Å²) in [4.78, 5) is 24.8. The Labute approximate surface area is 159 Å². The van der Waals surface area contributed by atoms with E-state index in [0.29, 0.717) is 5.82 Å². The minimum absolute atomic E-state index is 0.197. The van der Waals surface area contributed by atoms with Crippen LogP contribution < -0.4 is 5.32 Å². The van der Waals surface area contributed by atoms with Gasteiger partial charge in [0, 0.05) is 36.9 Å². The number of anilines is 2. The molecule has 0 amide bonds. The number of rotatable bonds is 5. The van der Waals surface area contributed by atoms with Crippen molar-refractivity contribution < 1.29 is 0 Å². The van der Waals surface area contributed by atoms with Crippen molar-refractivity contribution in [1.29, 1.82) is 0 Å². The number of likely N-dealkylation sites (tertiary alicyclic amines) is 1. The molecule has 1 N–H and O–H groups in total. The van der Waals surface area contributed by atoms with Gasteiger partial charge in [-0.2, -0.15) is 0 Å². The zero-order chi connectivity index (χ0) is 18.5. The fourth-order valence-electron chi connectivity index (χ4n) is 3.47. The third kappa shape index (κ3) is 4.43. The average molecular weight is 361 g/mol. The number of pyridine rings is 1. The first-order valence-electron chi connectivity index (χ1n) is 9.30. The molecule has 1 unspecified atom stereocenters. The van der Waals surface area contributed by atoms with Crippen LogP contribution in [-0.2, 0) is 6.54 Å². The van der Waals surface area contributed by atoms with Gasteiger partial charge in [-0.3, -0.25) is 14.9 Å². The Kier molecular flexibility index (Phi) is 5.29. The minimum Gasteiger partial charge on any atom is -0.324 e. The van der Waals surface area contributed by atoms with Crippen LogP contribution in [-0.4, -0.2) is 36.4 Å². The van der Waals surface area contributed by atoms with Crippen LogP contribution in [0.5, 0.6) is 0 Å². The SMILES string of the molecule is Cc1cc(Nc2cnccn2)nc(C2CCCCN2Cc2ccccn2)n1. The Morgan fingerprint density at radius 3 is 2.85 bits per heavy atom. The van der Waals surface area contributed by atoms with Crippen molar-refractivity contribution in [2.24, 2.45) is 0 Å². The Balaban J connectivity index is 1.58. The molecule has 4 rings (SSSR count). The van der Waals surface area contributed by atoms with Crippen molar-refractivity contribution in [2.75, 3.05) is 11.9 Å². The Morgan fingerprint density at radius 1 is 1.07 bits per heavy atom. The van der Waals surface area contributed by atoms with E-state index in [-0.39, 0.29) is 6.04 Å². The van der Waals surface area contributed by atoms with Crippen molar-refractivity contribution in [2.45, 2.75) is 38.8 Å². The second-order valence-electron chi connectivity index (χ2n) is 6.77.